The molecule has 0 radical (unpaired) electrons. The van der Waals surface area contributed by atoms with Gasteiger partial charge >= 0.3 is 12.1 Å². The van der Waals surface area contributed by atoms with Crippen LogP contribution < -0.4 is 0 Å². The molecule has 0 aliphatic rings. The van der Waals surface area contributed by atoms with Gasteiger partial charge in [-0.25, -0.2) is 9.59 Å². The van der Waals surface area contributed by atoms with Crippen molar-refractivity contribution < 1.29 is 19.4 Å². The number of carbonyl (C=O) groups is 2. The Kier molecular flexibility index (Phi) is 3.85. The molecule has 0 fully saturated rings. The summed E-state index contributed by atoms with van der Waals surface area (Å²) < 4.78 is 6.66. The zero-order valence-electron chi connectivity index (χ0n) is 12.5. The fourth-order valence-electron chi connectivity index (χ4n) is 2.56. The molecule has 0 atom stereocenters. The molecule has 116 valence electrons. The van der Waals surface area contributed by atoms with E-state index in [1.54, 1.807) is 18.2 Å². The highest BCUT2D eigenvalue weighted by Crippen LogP contribution is 2.24. The van der Waals surface area contributed by atoms with Crippen molar-refractivity contribution in [3.05, 3.63) is 71.4 Å². The Morgan fingerprint density at radius 1 is 1.09 bits per heavy atom. The van der Waals surface area contributed by atoms with E-state index in [-0.39, 0.29) is 12.2 Å². The number of ether oxygens (including phenoxy) is 1. The summed E-state index contributed by atoms with van der Waals surface area (Å²) in [6, 6.07) is 14.2. The second-order valence-corrected chi connectivity index (χ2v) is 5.22. The fourth-order valence-corrected chi connectivity index (χ4v) is 2.56. The van der Waals surface area contributed by atoms with E-state index in [0.717, 1.165) is 11.1 Å². The molecule has 0 aliphatic heterocycles. The number of benzene rings is 2. The van der Waals surface area contributed by atoms with Crippen molar-refractivity contribution in [2.45, 2.75) is 13.5 Å². The van der Waals surface area contributed by atoms with Crippen LogP contribution in [0.1, 0.15) is 21.5 Å². The number of nitrogens with zero attached hydrogens (tertiary/aromatic N) is 1. The standard InChI is InChI=1S/C18H15NO4/c1-12-7-8-15(17(20)21)14-9-10-19(16(12)14)18(22)23-11-13-5-3-2-4-6-13/h2-10H,11H2,1H3,(H,20,21). The summed E-state index contributed by atoms with van der Waals surface area (Å²) >= 11 is 0. The first kappa shape index (κ1) is 14.8. The molecule has 5 nitrogen and oxygen atoms in total. The Morgan fingerprint density at radius 2 is 1.83 bits per heavy atom. The molecule has 0 aliphatic carbocycles. The fraction of sp³-hybridized carbons (Fsp3) is 0.111. The van der Waals surface area contributed by atoms with Crippen molar-refractivity contribution in [3.63, 3.8) is 0 Å². The molecule has 1 aromatic heterocycles. The maximum atomic E-state index is 12.3. The lowest BCUT2D eigenvalue weighted by Gasteiger charge is -2.09. The number of aromatic carboxylic acids is 1. The average molecular weight is 309 g/mol. The van der Waals surface area contributed by atoms with Gasteiger partial charge in [0.1, 0.15) is 6.61 Å². The van der Waals surface area contributed by atoms with Gasteiger partial charge in [0, 0.05) is 11.6 Å². The number of hydrogen-bond donors (Lipinski definition) is 1. The average Bonchev–Trinajstić information content (AvgIpc) is 2.99. The van der Waals surface area contributed by atoms with Crippen LogP contribution in [0.2, 0.25) is 0 Å². The van der Waals surface area contributed by atoms with Gasteiger partial charge in [-0.1, -0.05) is 36.4 Å². The van der Waals surface area contributed by atoms with Gasteiger partial charge in [-0.05, 0) is 30.2 Å². The monoisotopic (exact) mass is 309 g/mol. The van der Waals surface area contributed by atoms with E-state index in [0.29, 0.717) is 10.9 Å². The second kappa shape index (κ2) is 5.96. The first-order valence-electron chi connectivity index (χ1n) is 7.13. The van der Waals surface area contributed by atoms with Gasteiger partial charge in [0.05, 0.1) is 11.1 Å². The Bertz CT molecular complexity index is 881. The molecule has 0 saturated heterocycles. The zero-order valence-corrected chi connectivity index (χ0v) is 12.5. The first-order valence-corrected chi connectivity index (χ1v) is 7.13. The number of carboxylic acids is 1. The Hall–Kier alpha value is -3.08. The molecule has 3 aromatic rings. The molecule has 0 saturated carbocycles. The Morgan fingerprint density at radius 3 is 2.52 bits per heavy atom. The van der Waals surface area contributed by atoms with Gasteiger partial charge in [-0.15, -0.1) is 0 Å². The number of aryl methyl sites for hydroxylation is 1. The van der Waals surface area contributed by atoms with Crippen molar-refractivity contribution in [2.24, 2.45) is 0 Å². The molecule has 2 aromatic carbocycles. The molecular formula is C18H15NO4. The van der Waals surface area contributed by atoms with Crippen LogP contribution in [0.25, 0.3) is 10.9 Å². The minimum absolute atomic E-state index is 0.164. The van der Waals surface area contributed by atoms with Gasteiger partial charge in [-0.2, -0.15) is 0 Å². The maximum absolute atomic E-state index is 12.3. The van der Waals surface area contributed by atoms with Crippen LogP contribution in [0.15, 0.2) is 54.7 Å². The van der Waals surface area contributed by atoms with Gasteiger partial charge in [0.25, 0.3) is 0 Å². The summed E-state index contributed by atoms with van der Waals surface area (Å²) in [6.07, 6.45) is 1.01. The Balaban J connectivity index is 1.92. The van der Waals surface area contributed by atoms with E-state index in [1.807, 2.05) is 37.3 Å². The number of hydrogen-bond acceptors (Lipinski definition) is 3. The van der Waals surface area contributed by atoms with Crippen LogP contribution in [0.4, 0.5) is 4.79 Å². The third-order valence-corrected chi connectivity index (χ3v) is 3.68. The third kappa shape index (κ3) is 2.81. The highest BCUT2D eigenvalue weighted by atomic mass is 16.5. The Labute approximate surface area is 132 Å². The molecule has 5 heteroatoms. The quantitative estimate of drug-likeness (QED) is 0.798. The van der Waals surface area contributed by atoms with Gasteiger partial charge in [0.2, 0.25) is 0 Å². The first-order chi connectivity index (χ1) is 11.1. The minimum atomic E-state index is -1.02. The van der Waals surface area contributed by atoms with Crippen molar-refractivity contribution in [1.82, 2.24) is 4.57 Å². The summed E-state index contributed by atoms with van der Waals surface area (Å²) in [5.41, 5.74) is 2.43. The van der Waals surface area contributed by atoms with E-state index in [1.165, 1.54) is 10.8 Å². The molecule has 1 N–H and O–H groups in total. The topological polar surface area (TPSA) is 68.5 Å². The van der Waals surface area contributed by atoms with E-state index < -0.39 is 12.1 Å². The predicted molar refractivity (Wildman–Crippen MR) is 85.7 cm³/mol. The summed E-state index contributed by atoms with van der Waals surface area (Å²) in [6.45, 7) is 1.99. The van der Waals surface area contributed by atoms with Crippen molar-refractivity contribution >= 4 is 23.0 Å². The molecule has 1 heterocycles. The van der Waals surface area contributed by atoms with E-state index in [4.69, 9.17) is 4.74 Å². The highest BCUT2D eigenvalue weighted by Gasteiger charge is 2.17. The van der Waals surface area contributed by atoms with Crippen LogP contribution in [-0.2, 0) is 11.3 Å². The SMILES string of the molecule is Cc1ccc(C(=O)O)c2ccn(C(=O)OCc3ccccc3)c12. The summed E-state index contributed by atoms with van der Waals surface area (Å²) in [5, 5.41) is 9.77. The molecule has 0 spiro atoms. The summed E-state index contributed by atoms with van der Waals surface area (Å²) in [7, 11) is 0. The predicted octanol–water partition coefficient (Wildman–Crippen LogP) is 3.83. The van der Waals surface area contributed by atoms with Crippen molar-refractivity contribution in [1.29, 1.82) is 0 Å². The minimum Gasteiger partial charge on any atom is -0.478 e. The number of carboxylic acid groups (broad SMARTS) is 1. The lowest BCUT2D eigenvalue weighted by Crippen LogP contribution is -2.13. The molecule has 0 unspecified atom stereocenters. The molecule has 3 rings (SSSR count). The summed E-state index contributed by atoms with van der Waals surface area (Å²) in [5.74, 6) is -1.02. The van der Waals surface area contributed by atoms with E-state index in [9.17, 15) is 14.7 Å². The number of fused-ring (bicyclic) bond motifs is 1. The van der Waals surface area contributed by atoms with Crippen LogP contribution in [0.5, 0.6) is 0 Å². The maximum Gasteiger partial charge on any atom is 0.418 e. The molecular weight excluding hydrogens is 294 g/mol. The van der Waals surface area contributed by atoms with Crippen LogP contribution >= 0.6 is 0 Å². The smallest absolute Gasteiger partial charge is 0.418 e. The van der Waals surface area contributed by atoms with Crippen LogP contribution in [-0.4, -0.2) is 21.7 Å². The van der Waals surface area contributed by atoms with Crippen LogP contribution in [0, 0.1) is 6.92 Å². The largest absolute Gasteiger partial charge is 0.478 e. The normalized spacial score (nSPS) is 10.7. The van der Waals surface area contributed by atoms with E-state index >= 15 is 0 Å². The van der Waals surface area contributed by atoms with Gasteiger partial charge in [0.15, 0.2) is 0 Å². The number of rotatable bonds is 3. The highest BCUT2D eigenvalue weighted by molar-refractivity contribution is 6.05. The molecule has 23 heavy (non-hydrogen) atoms. The van der Waals surface area contributed by atoms with E-state index in [2.05, 4.69) is 0 Å². The second-order valence-electron chi connectivity index (χ2n) is 5.22. The lowest BCUT2D eigenvalue weighted by atomic mass is 10.1. The van der Waals surface area contributed by atoms with Crippen molar-refractivity contribution in [3.8, 4) is 0 Å². The van der Waals surface area contributed by atoms with Crippen molar-refractivity contribution in [2.75, 3.05) is 0 Å². The third-order valence-electron chi connectivity index (χ3n) is 3.68. The number of carbonyl (C=O) groups excluding carboxylic acids is 1. The molecule has 0 amide bonds. The molecule has 0 bridgehead atoms. The lowest BCUT2D eigenvalue weighted by molar-refractivity contribution is 0.0699. The van der Waals surface area contributed by atoms with Gasteiger partial charge < -0.3 is 9.84 Å². The summed E-state index contributed by atoms with van der Waals surface area (Å²) in [4.78, 5) is 23.6. The zero-order chi connectivity index (χ0) is 16.4. The number of aromatic nitrogens is 1. The van der Waals surface area contributed by atoms with Gasteiger partial charge in [-0.3, -0.25) is 4.57 Å². The van der Waals surface area contributed by atoms with Crippen LogP contribution in [0.3, 0.4) is 0 Å².